The molecule has 2 heterocycles. The minimum absolute atomic E-state index is 0.0433. The summed E-state index contributed by atoms with van der Waals surface area (Å²) in [4.78, 5) is 29.1. The number of fused-ring (bicyclic) bond motifs is 1. The van der Waals surface area contributed by atoms with Gasteiger partial charge in [0.05, 0.1) is 23.5 Å². The molecule has 0 aliphatic carbocycles. The Labute approximate surface area is 150 Å². The molecule has 0 bridgehead atoms. The lowest BCUT2D eigenvalue weighted by Crippen LogP contribution is -2.30. The largest absolute Gasteiger partial charge is 0.366 e. The summed E-state index contributed by atoms with van der Waals surface area (Å²) in [6.45, 7) is 1.34. The van der Waals surface area contributed by atoms with Gasteiger partial charge in [-0.15, -0.1) is 0 Å². The Morgan fingerprint density at radius 2 is 1.96 bits per heavy atom. The van der Waals surface area contributed by atoms with Crippen molar-refractivity contribution in [3.8, 4) is 0 Å². The normalized spacial score (nSPS) is 16.8. The maximum atomic E-state index is 13.1. The summed E-state index contributed by atoms with van der Waals surface area (Å²) in [7, 11) is 0. The van der Waals surface area contributed by atoms with E-state index in [9.17, 15) is 9.59 Å². The number of hydrogen-bond donors (Lipinski definition) is 2. The predicted molar refractivity (Wildman–Crippen MR) is 100 cm³/mol. The van der Waals surface area contributed by atoms with Gasteiger partial charge in [0, 0.05) is 5.56 Å². The summed E-state index contributed by atoms with van der Waals surface area (Å²) in [5.74, 6) is 0.308. The molecule has 6 heteroatoms. The number of hydrogen-bond acceptors (Lipinski definition) is 4. The van der Waals surface area contributed by atoms with Gasteiger partial charge in [-0.2, -0.15) is 0 Å². The maximum absolute atomic E-state index is 13.1. The fraction of sp³-hybridized carbons (Fsp3) is 0.250. The van der Waals surface area contributed by atoms with Gasteiger partial charge in [0.2, 0.25) is 5.91 Å². The van der Waals surface area contributed by atoms with E-state index in [0.717, 1.165) is 36.3 Å². The highest BCUT2D eigenvalue weighted by atomic mass is 16.1. The number of primary amides is 1. The van der Waals surface area contributed by atoms with Gasteiger partial charge in [0.1, 0.15) is 5.82 Å². The van der Waals surface area contributed by atoms with Crippen LogP contribution in [0.1, 0.15) is 40.6 Å². The molecular formula is C20H20N4O2. The van der Waals surface area contributed by atoms with Crippen LogP contribution < -0.4 is 16.6 Å². The first-order chi connectivity index (χ1) is 12.6. The Hall–Kier alpha value is -2.99. The second kappa shape index (κ2) is 6.72. The number of amides is 1. The average Bonchev–Trinajstić information content (AvgIpc) is 3.19. The van der Waals surface area contributed by atoms with E-state index in [1.165, 1.54) is 0 Å². The molecule has 26 heavy (non-hydrogen) atoms. The summed E-state index contributed by atoms with van der Waals surface area (Å²) in [6, 6.07) is 14.5. The Bertz CT molecular complexity index is 1020. The fourth-order valence-corrected chi connectivity index (χ4v) is 3.47. The summed E-state index contributed by atoms with van der Waals surface area (Å²) in [5.41, 5.74) is 7.36. The molecule has 3 aromatic rings. The zero-order chi connectivity index (χ0) is 18.1. The molecule has 1 aliphatic rings. The van der Waals surface area contributed by atoms with E-state index in [1.54, 1.807) is 16.7 Å². The third kappa shape index (κ3) is 2.99. The molecule has 1 atom stereocenters. The molecule has 1 fully saturated rings. The molecule has 1 saturated heterocycles. The van der Waals surface area contributed by atoms with Crippen molar-refractivity contribution in [2.24, 2.45) is 5.73 Å². The number of benzene rings is 2. The van der Waals surface area contributed by atoms with Gasteiger partial charge >= 0.3 is 0 Å². The van der Waals surface area contributed by atoms with Gasteiger partial charge in [0.15, 0.2) is 0 Å². The first kappa shape index (κ1) is 16.5. The zero-order valence-corrected chi connectivity index (χ0v) is 14.3. The summed E-state index contributed by atoms with van der Waals surface area (Å²) in [6.07, 6.45) is 2.03. The first-order valence-corrected chi connectivity index (χ1v) is 8.75. The highest BCUT2D eigenvalue weighted by molar-refractivity contribution is 5.92. The van der Waals surface area contributed by atoms with Crippen LogP contribution in [0.3, 0.4) is 0 Å². The van der Waals surface area contributed by atoms with Crippen molar-refractivity contribution in [2.75, 3.05) is 6.54 Å². The third-order valence-corrected chi connectivity index (χ3v) is 4.84. The SMILES string of the molecule is NC(=O)c1ccc(Cn2c([C@@H]3CCCN3)nc3ccccc3c2=O)cc1. The topological polar surface area (TPSA) is 90.0 Å². The van der Waals surface area contributed by atoms with Gasteiger partial charge in [-0.25, -0.2) is 4.98 Å². The van der Waals surface area contributed by atoms with E-state index in [2.05, 4.69) is 5.32 Å². The van der Waals surface area contributed by atoms with Crippen LogP contribution in [-0.2, 0) is 6.54 Å². The number of para-hydroxylation sites is 1. The van der Waals surface area contributed by atoms with E-state index in [-0.39, 0.29) is 11.6 Å². The number of aromatic nitrogens is 2. The van der Waals surface area contributed by atoms with Crippen LogP contribution in [0.5, 0.6) is 0 Å². The highest BCUT2D eigenvalue weighted by Gasteiger charge is 2.23. The van der Waals surface area contributed by atoms with E-state index in [1.807, 2.05) is 36.4 Å². The molecule has 2 aromatic carbocycles. The Morgan fingerprint density at radius 3 is 2.65 bits per heavy atom. The number of rotatable bonds is 4. The molecule has 1 aromatic heterocycles. The van der Waals surface area contributed by atoms with Crippen LogP contribution in [0.15, 0.2) is 53.3 Å². The van der Waals surface area contributed by atoms with Crippen LogP contribution in [-0.4, -0.2) is 22.0 Å². The molecular weight excluding hydrogens is 328 g/mol. The first-order valence-electron chi connectivity index (χ1n) is 8.75. The van der Waals surface area contributed by atoms with Crippen molar-refractivity contribution in [3.05, 3.63) is 75.8 Å². The second-order valence-electron chi connectivity index (χ2n) is 6.59. The molecule has 1 aliphatic heterocycles. The van der Waals surface area contributed by atoms with Crippen molar-refractivity contribution in [1.29, 1.82) is 0 Å². The van der Waals surface area contributed by atoms with Crippen LogP contribution in [0.2, 0.25) is 0 Å². The van der Waals surface area contributed by atoms with Gasteiger partial charge in [-0.3, -0.25) is 14.2 Å². The lowest BCUT2D eigenvalue weighted by atomic mass is 10.1. The molecule has 132 valence electrons. The number of carbonyl (C=O) groups excluding carboxylic acids is 1. The molecule has 0 unspecified atom stereocenters. The molecule has 0 saturated carbocycles. The maximum Gasteiger partial charge on any atom is 0.261 e. The van der Waals surface area contributed by atoms with Crippen molar-refractivity contribution >= 4 is 16.8 Å². The smallest absolute Gasteiger partial charge is 0.261 e. The van der Waals surface area contributed by atoms with E-state index in [0.29, 0.717) is 17.5 Å². The number of nitrogens with two attached hydrogens (primary N) is 1. The predicted octanol–water partition coefficient (Wildman–Crippen LogP) is 1.97. The molecule has 0 radical (unpaired) electrons. The highest BCUT2D eigenvalue weighted by Crippen LogP contribution is 2.23. The Kier molecular flexibility index (Phi) is 4.26. The molecule has 6 nitrogen and oxygen atoms in total. The number of nitrogens with zero attached hydrogens (tertiary/aromatic N) is 2. The fourth-order valence-electron chi connectivity index (χ4n) is 3.47. The van der Waals surface area contributed by atoms with Crippen LogP contribution in [0.4, 0.5) is 0 Å². The summed E-state index contributed by atoms with van der Waals surface area (Å²) >= 11 is 0. The Balaban J connectivity index is 1.81. The van der Waals surface area contributed by atoms with Crippen LogP contribution >= 0.6 is 0 Å². The van der Waals surface area contributed by atoms with E-state index in [4.69, 9.17) is 10.7 Å². The van der Waals surface area contributed by atoms with Gasteiger partial charge < -0.3 is 11.1 Å². The lowest BCUT2D eigenvalue weighted by Gasteiger charge is -2.18. The second-order valence-corrected chi connectivity index (χ2v) is 6.59. The standard InChI is InChI=1S/C20H20N4O2/c21-18(25)14-9-7-13(8-10-14)12-24-19(17-6-3-11-22-17)23-16-5-2-1-4-15(16)20(24)26/h1-2,4-5,7-10,17,22H,3,6,11-12H2,(H2,21,25)/t17-/m0/s1. The lowest BCUT2D eigenvalue weighted by molar-refractivity contribution is 0.100. The quantitative estimate of drug-likeness (QED) is 0.754. The number of carbonyl (C=O) groups is 1. The van der Waals surface area contributed by atoms with Gasteiger partial charge in [-0.05, 0) is 49.2 Å². The number of nitrogens with one attached hydrogen (secondary N) is 1. The Morgan fingerprint density at radius 1 is 1.19 bits per heavy atom. The minimum Gasteiger partial charge on any atom is -0.366 e. The van der Waals surface area contributed by atoms with Crippen molar-refractivity contribution in [2.45, 2.75) is 25.4 Å². The van der Waals surface area contributed by atoms with E-state index >= 15 is 0 Å². The molecule has 1 amide bonds. The summed E-state index contributed by atoms with van der Waals surface area (Å²) < 4.78 is 1.74. The minimum atomic E-state index is -0.461. The van der Waals surface area contributed by atoms with E-state index < -0.39 is 5.91 Å². The van der Waals surface area contributed by atoms with Crippen LogP contribution in [0, 0.1) is 0 Å². The molecule has 3 N–H and O–H groups in total. The summed E-state index contributed by atoms with van der Waals surface area (Å²) in [5, 5.41) is 4.05. The molecule has 0 spiro atoms. The van der Waals surface area contributed by atoms with Crippen molar-refractivity contribution in [3.63, 3.8) is 0 Å². The zero-order valence-electron chi connectivity index (χ0n) is 14.3. The molecule has 4 rings (SSSR count). The van der Waals surface area contributed by atoms with Gasteiger partial charge in [0.25, 0.3) is 5.56 Å². The third-order valence-electron chi connectivity index (χ3n) is 4.84. The van der Waals surface area contributed by atoms with Gasteiger partial charge in [-0.1, -0.05) is 24.3 Å². The average molecular weight is 348 g/mol. The van der Waals surface area contributed by atoms with Crippen LogP contribution in [0.25, 0.3) is 10.9 Å². The van der Waals surface area contributed by atoms with Crippen molar-refractivity contribution in [1.82, 2.24) is 14.9 Å². The van der Waals surface area contributed by atoms with Crippen molar-refractivity contribution < 1.29 is 4.79 Å². The monoisotopic (exact) mass is 348 g/mol.